The van der Waals surface area contributed by atoms with E-state index in [2.05, 4.69) is 11.4 Å². The molecule has 1 saturated carbocycles. The third kappa shape index (κ3) is 4.99. The van der Waals surface area contributed by atoms with Crippen LogP contribution in [0.3, 0.4) is 0 Å². The highest BCUT2D eigenvalue weighted by Crippen LogP contribution is 2.40. The minimum Gasteiger partial charge on any atom is -0.465 e. The third-order valence-electron chi connectivity index (χ3n) is 7.50. The molecule has 3 aromatic rings. The number of nitrogens with zero attached hydrogens (tertiary/aromatic N) is 2. The minimum absolute atomic E-state index is 0.0370. The van der Waals surface area contributed by atoms with Crippen LogP contribution in [-0.4, -0.2) is 35.3 Å². The van der Waals surface area contributed by atoms with Crippen LogP contribution in [0.4, 0.5) is 5.00 Å². The zero-order valence-electron chi connectivity index (χ0n) is 21.3. The summed E-state index contributed by atoms with van der Waals surface area (Å²) in [6.45, 7) is 4.35. The van der Waals surface area contributed by atoms with Crippen LogP contribution in [-0.2, 0) is 28.9 Å². The number of aromatic nitrogens is 1. The molecule has 2 aromatic heterocycles. The van der Waals surface area contributed by atoms with Gasteiger partial charge in [-0.2, -0.15) is 0 Å². The molecule has 0 spiro atoms. The number of ether oxygens (including phenoxy) is 1. The highest BCUT2D eigenvalue weighted by atomic mass is 32.1. The predicted molar refractivity (Wildman–Crippen MR) is 146 cm³/mol. The number of esters is 1. The topological polar surface area (TPSA) is 72.7 Å². The zero-order valence-corrected chi connectivity index (χ0v) is 22.1. The summed E-state index contributed by atoms with van der Waals surface area (Å²) in [5.74, 6) is -0.215. The Bertz CT molecular complexity index is 1300. The first-order chi connectivity index (χ1) is 17.6. The zero-order chi connectivity index (χ0) is 25.1. The van der Waals surface area contributed by atoms with Crippen molar-refractivity contribution in [1.29, 1.82) is 0 Å². The van der Waals surface area contributed by atoms with E-state index < -0.39 is 0 Å². The first-order valence-electron chi connectivity index (χ1n) is 13.3. The molecule has 2 aliphatic rings. The number of nitrogens with one attached hydrogen (secondary N) is 1. The largest absolute Gasteiger partial charge is 0.465 e. The molecule has 1 aromatic carbocycles. The van der Waals surface area contributed by atoms with Crippen LogP contribution < -0.4 is 5.32 Å². The first-order valence-corrected chi connectivity index (χ1v) is 14.1. The van der Waals surface area contributed by atoms with Crippen LogP contribution in [0.1, 0.15) is 83.9 Å². The number of carbonyl (C=O) groups is 2. The Kier molecular flexibility index (Phi) is 7.56. The fraction of sp³-hybridized carbons (Fsp3) is 0.483. The second-order valence-corrected chi connectivity index (χ2v) is 10.9. The molecule has 190 valence electrons. The van der Waals surface area contributed by atoms with E-state index in [1.54, 1.807) is 11.3 Å². The molecule has 2 aliphatic carbocycles. The van der Waals surface area contributed by atoms with Gasteiger partial charge in [-0.25, -0.2) is 4.99 Å². The molecular weight excluding hydrogens is 470 g/mol. The number of benzene rings is 1. The molecule has 0 unspecified atom stereocenters. The molecule has 0 aliphatic heterocycles. The molecule has 0 saturated heterocycles. The van der Waals surface area contributed by atoms with Crippen LogP contribution >= 0.6 is 11.3 Å². The van der Waals surface area contributed by atoms with Gasteiger partial charge in [-0.15, -0.1) is 11.3 Å². The SMILES string of the molecule is CCOC(=O)Cn1c(C)c(C=Nc2sc3c(c2C(=O)NC2CCCCC2)CCCC3)c2ccccc21. The summed E-state index contributed by atoms with van der Waals surface area (Å²) in [5, 5.41) is 5.17. The lowest BCUT2D eigenvalue weighted by Gasteiger charge is -2.23. The van der Waals surface area contributed by atoms with E-state index in [4.69, 9.17) is 9.73 Å². The fourth-order valence-corrected chi connectivity index (χ4v) is 6.89. The number of aryl methyl sites for hydroxylation is 1. The quantitative estimate of drug-likeness (QED) is 0.304. The number of fused-ring (bicyclic) bond motifs is 2. The van der Waals surface area contributed by atoms with Crippen molar-refractivity contribution in [3.63, 3.8) is 0 Å². The van der Waals surface area contributed by atoms with Gasteiger partial charge in [0.05, 0.1) is 12.2 Å². The molecule has 0 bridgehead atoms. The predicted octanol–water partition coefficient (Wildman–Crippen LogP) is 6.27. The summed E-state index contributed by atoms with van der Waals surface area (Å²) in [7, 11) is 0. The van der Waals surface area contributed by atoms with E-state index in [0.717, 1.165) is 64.8 Å². The Labute approximate surface area is 216 Å². The Morgan fingerprint density at radius 1 is 1.14 bits per heavy atom. The van der Waals surface area contributed by atoms with Crippen molar-refractivity contribution in [1.82, 2.24) is 9.88 Å². The highest BCUT2D eigenvalue weighted by Gasteiger charge is 2.27. The molecule has 1 fully saturated rings. The van der Waals surface area contributed by atoms with E-state index in [-0.39, 0.29) is 24.5 Å². The minimum atomic E-state index is -0.252. The van der Waals surface area contributed by atoms with Gasteiger partial charge >= 0.3 is 5.97 Å². The van der Waals surface area contributed by atoms with Crippen LogP contribution in [0.5, 0.6) is 0 Å². The number of rotatable bonds is 7. The molecule has 5 rings (SSSR count). The molecule has 6 nitrogen and oxygen atoms in total. The van der Waals surface area contributed by atoms with E-state index in [9.17, 15) is 9.59 Å². The smallest absolute Gasteiger partial charge is 0.325 e. The normalized spacial score (nSPS) is 16.4. The van der Waals surface area contributed by atoms with Crippen molar-refractivity contribution in [3.05, 3.63) is 51.5 Å². The van der Waals surface area contributed by atoms with E-state index in [1.807, 2.05) is 42.8 Å². The second kappa shape index (κ2) is 11.0. The fourth-order valence-electron chi connectivity index (χ4n) is 5.66. The van der Waals surface area contributed by atoms with Crippen molar-refractivity contribution in [2.24, 2.45) is 4.99 Å². The maximum Gasteiger partial charge on any atom is 0.325 e. The standard InChI is InChI=1S/C29H35N3O3S/c1-3-35-26(33)18-32-19(2)23(21-13-7-9-15-24(21)32)17-30-29-27(22-14-8-10-16-25(22)36-29)28(34)31-20-11-5-4-6-12-20/h7,9,13,15,17,20H,3-6,8,10-12,14,16,18H2,1-2H3,(H,31,34). The van der Waals surface area contributed by atoms with Gasteiger partial charge in [0.2, 0.25) is 0 Å². The van der Waals surface area contributed by atoms with Gasteiger partial charge in [-0.3, -0.25) is 9.59 Å². The molecule has 1 amide bonds. The average Bonchev–Trinajstić information content (AvgIpc) is 3.38. The molecule has 0 atom stereocenters. The van der Waals surface area contributed by atoms with Crippen molar-refractivity contribution in [3.8, 4) is 0 Å². The number of thiophene rings is 1. The molecule has 7 heteroatoms. The lowest BCUT2D eigenvalue weighted by Crippen LogP contribution is -2.36. The van der Waals surface area contributed by atoms with Gasteiger partial charge in [0.25, 0.3) is 5.91 Å². The summed E-state index contributed by atoms with van der Waals surface area (Å²) in [5.41, 5.74) is 4.89. The van der Waals surface area contributed by atoms with E-state index in [1.165, 1.54) is 36.1 Å². The van der Waals surface area contributed by atoms with Crippen molar-refractivity contribution < 1.29 is 14.3 Å². The van der Waals surface area contributed by atoms with Crippen LogP contribution in [0.25, 0.3) is 10.9 Å². The number of amides is 1. The third-order valence-corrected chi connectivity index (χ3v) is 8.70. The van der Waals surface area contributed by atoms with Gasteiger partial charge in [0, 0.05) is 39.3 Å². The van der Waals surface area contributed by atoms with Crippen molar-refractivity contribution in [2.75, 3.05) is 6.61 Å². The van der Waals surface area contributed by atoms with Gasteiger partial charge in [-0.1, -0.05) is 37.5 Å². The lowest BCUT2D eigenvalue weighted by molar-refractivity contribution is -0.143. The summed E-state index contributed by atoms with van der Waals surface area (Å²) in [6.07, 6.45) is 11.9. The summed E-state index contributed by atoms with van der Waals surface area (Å²) < 4.78 is 7.19. The monoisotopic (exact) mass is 505 g/mol. The Morgan fingerprint density at radius 2 is 1.92 bits per heavy atom. The maximum absolute atomic E-state index is 13.5. The average molecular weight is 506 g/mol. The molecule has 1 N–H and O–H groups in total. The summed E-state index contributed by atoms with van der Waals surface area (Å²) in [6, 6.07) is 8.32. The van der Waals surface area contributed by atoms with Crippen LogP contribution in [0.2, 0.25) is 0 Å². The maximum atomic E-state index is 13.5. The van der Waals surface area contributed by atoms with Crippen LogP contribution in [0, 0.1) is 6.92 Å². The molecule has 36 heavy (non-hydrogen) atoms. The number of aliphatic imine (C=N–C) groups is 1. The highest BCUT2D eigenvalue weighted by molar-refractivity contribution is 7.16. The number of carbonyl (C=O) groups excluding carboxylic acids is 2. The van der Waals surface area contributed by atoms with Crippen molar-refractivity contribution in [2.45, 2.75) is 84.2 Å². The van der Waals surface area contributed by atoms with Gasteiger partial charge in [0.1, 0.15) is 11.5 Å². The molecule has 2 heterocycles. The van der Waals surface area contributed by atoms with Gasteiger partial charge in [-0.05, 0) is 64.0 Å². The Balaban J connectivity index is 1.50. The number of para-hydroxylation sites is 1. The molecular formula is C29H35N3O3S. The Morgan fingerprint density at radius 3 is 2.72 bits per heavy atom. The van der Waals surface area contributed by atoms with Gasteiger partial charge in [0.15, 0.2) is 0 Å². The van der Waals surface area contributed by atoms with Gasteiger partial charge < -0.3 is 14.6 Å². The molecule has 0 radical (unpaired) electrons. The summed E-state index contributed by atoms with van der Waals surface area (Å²) >= 11 is 1.67. The van der Waals surface area contributed by atoms with Crippen molar-refractivity contribution >= 4 is 45.3 Å². The van der Waals surface area contributed by atoms with Crippen LogP contribution in [0.15, 0.2) is 29.3 Å². The Hall–Kier alpha value is -2.93. The first kappa shape index (κ1) is 24.8. The van der Waals surface area contributed by atoms with E-state index >= 15 is 0 Å². The summed E-state index contributed by atoms with van der Waals surface area (Å²) in [4.78, 5) is 32.0. The lowest BCUT2D eigenvalue weighted by atomic mass is 9.93. The second-order valence-electron chi connectivity index (χ2n) is 9.87. The number of hydrogen-bond donors (Lipinski definition) is 1. The number of hydrogen-bond acceptors (Lipinski definition) is 5. The van der Waals surface area contributed by atoms with E-state index in [0.29, 0.717) is 6.61 Å².